The highest BCUT2D eigenvalue weighted by molar-refractivity contribution is 7.15. The van der Waals surface area contributed by atoms with Gasteiger partial charge in [-0.1, -0.05) is 0 Å². The summed E-state index contributed by atoms with van der Waals surface area (Å²) in [5, 5.41) is 4.01. The molecule has 0 spiro atoms. The third kappa shape index (κ3) is 1.32. The van der Waals surface area contributed by atoms with Crippen LogP contribution in [-0.2, 0) is 12.8 Å². The summed E-state index contributed by atoms with van der Waals surface area (Å²) in [5.74, 6) is 0. The van der Waals surface area contributed by atoms with Crippen molar-refractivity contribution in [3.63, 3.8) is 0 Å². The zero-order chi connectivity index (χ0) is 8.55. The number of nitrogens with two attached hydrogens (primary N) is 1. The molecule has 12 heavy (non-hydrogen) atoms. The standard InChI is InChI=1S/C8H13N3S/c1-10-5-2-3-6-7(4-5)12-8(9)11-6/h5,10H,2-4H2,1H3,(H2,9,11). The number of nitrogen functional groups attached to an aromatic ring is 1. The van der Waals surface area contributed by atoms with Crippen molar-refractivity contribution in [1.82, 2.24) is 10.3 Å². The first kappa shape index (κ1) is 8.01. The zero-order valence-electron chi connectivity index (χ0n) is 7.13. The third-order valence-electron chi connectivity index (χ3n) is 2.36. The van der Waals surface area contributed by atoms with Crippen LogP contribution in [0, 0.1) is 0 Å². The van der Waals surface area contributed by atoms with Gasteiger partial charge in [-0.25, -0.2) is 4.98 Å². The number of aromatic nitrogens is 1. The molecule has 2 rings (SSSR count). The Labute approximate surface area is 76.0 Å². The molecule has 0 aliphatic heterocycles. The van der Waals surface area contributed by atoms with Crippen molar-refractivity contribution in [3.8, 4) is 0 Å². The number of nitrogens with one attached hydrogen (secondary N) is 1. The Hall–Kier alpha value is -0.610. The highest BCUT2D eigenvalue weighted by Crippen LogP contribution is 2.27. The molecule has 0 saturated heterocycles. The largest absolute Gasteiger partial charge is 0.375 e. The SMILES string of the molecule is CNC1CCc2nc(N)sc2C1. The fourth-order valence-corrected chi connectivity index (χ4v) is 2.60. The van der Waals surface area contributed by atoms with Crippen molar-refractivity contribution in [2.45, 2.75) is 25.3 Å². The van der Waals surface area contributed by atoms with Crippen LogP contribution in [-0.4, -0.2) is 18.1 Å². The van der Waals surface area contributed by atoms with E-state index >= 15 is 0 Å². The third-order valence-corrected chi connectivity index (χ3v) is 3.31. The minimum Gasteiger partial charge on any atom is -0.375 e. The van der Waals surface area contributed by atoms with Crippen molar-refractivity contribution in [2.75, 3.05) is 12.8 Å². The second-order valence-corrected chi connectivity index (χ2v) is 4.27. The molecular weight excluding hydrogens is 170 g/mol. The lowest BCUT2D eigenvalue weighted by atomic mass is 9.98. The Morgan fingerprint density at radius 2 is 2.50 bits per heavy atom. The second kappa shape index (κ2) is 3.03. The van der Waals surface area contributed by atoms with Crippen LogP contribution in [0.4, 0.5) is 5.13 Å². The Morgan fingerprint density at radius 1 is 1.67 bits per heavy atom. The van der Waals surface area contributed by atoms with Gasteiger partial charge in [0.05, 0.1) is 5.69 Å². The lowest BCUT2D eigenvalue weighted by Gasteiger charge is -2.19. The van der Waals surface area contributed by atoms with Gasteiger partial charge in [-0.2, -0.15) is 0 Å². The lowest BCUT2D eigenvalue weighted by Crippen LogP contribution is -2.30. The van der Waals surface area contributed by atoms with Crippen LogP contribution in [0.3, 0.4) is 0 Å². The number of nitrogens with zero attached hydrogens (tertiary/aromatic N) is 1. The summed E-state index contributed by atoms with van der Waals surface area (Å²) >= 11 is 1.64. The summed E-state index contributed by atoms with van der Waals surface area (Å²) in [4.78, 5) is 5.66. The molecule has 0 radical (unpaired) electrons. The van der Waals surface area contributed by atoms with Crippen LogP contribution in [0.5, 0.6) is 0 Å². The van der Waals surface area contributed by atoms with E-state index < -0.39 is 0 Å². The fraction of sp³-hybridized carbons (Fsp3) is 0.625. The van der Waals surface area contributed by atoms with Crippen LogP contribution in [0.2, 0.25) is 0 Å². The molecule has 0 bridgehead atoms. The van der Waals surface area contributed by atoms with Crippen LogP contribution < -0.4 is 11.1 Å². The highest BCUT2D eigenvalue weighted by Gasteiger charge is 2.20. The molecule has 4 heteroatoms. The molecule has 1 aliphatic carbocycles. The van der Waals surface area contributed by atoms with Gasteiger partial charge >= 0.3 is 0 Å². The molecule has 1 aromatic heterocycles. The summed E-state index contributed by atoms with van der Waals surface area (Å²) in [6.07, 6.45) is 3.36. The van der Waals surface area contributed by atoms with Crippen molar-refractivity contribution in [3.05, 3.63) is 10.6 Å². The van der Waals surface area contributed by atoms with Crippen LogP contribution in [0.1, 0.15) is 17.0 Å². The molecular formula is C8H13N3S. The maximum atomic E-state index is 5.63. The number of aryl methyl sites for hydroxylation is 1. The normalized spacial score (nSPS) is 22.2. The van der Waals surface area contributed by atoms with Gasteiger partial charge in [0.25, 0.3) is 0 Å². The summed E-state index contributed by atoms with van der Waals surface area (Å²) in [6, 6.07) is 0.623. The monoisotopic (exact) mass is 183 g/mol. The predicted octanol–water partition coefficient (Wildman–Crippen LogP) is 0.802. The Balaban J connectivity index is 2.22. The van der Waals surface area contributed by atoms with Crippen molar-refractivity contribution < 1.29 is 0 Å². The van der Waals surface area contributed by atoms with Gasteiger partial charge in [0.1, 0.15) is 0 Å². The second-order valence-electron chi connectivity index (χ2n) is 3.15. The highest BCUT2D eigenvalue weighted by atomic mass is 32.1. The van der Waals surface area contributed by atoms with Gasteiger partial charge in [-0.15, -0.1) is 11.3 Å². The first-order chi connectivity index (χ1) is 5.79. The zero-order valence-corrected chi connectivity index (χ0v) is 7.95. The quantitative estimate of drug-likeness (QED) is 0.677. The molecule has 0 aromatic carbocycles. The predicted molar refractivity (Wildman–Crippen MR) is 51.4 cm³/mol. The number of fused-ring (bicyclic) bond motifs is 1. The van der Waals surface area contributed by atoms with Crippen molar-refractivity contribution in [1.29, 1.82) is 0 Å². The molecule has 0 saturated carbocycles. The average Bonchev–Trinajstić information content (AvgIpc) is 2.43. The minimum absolute atomic E-state index is 0.623. The fourth-order valence-electron chi connectivity index (χ4n) is 1.64. The van der Waals surface area contributed by atoms with Crippen molar-refractivity contribution >= 4 is 16.5 Å². The van der Waals surface area contributed by atoms with Crippen LogP contribution >= 0.6 is 11.3 Å². The van der Waals surface area contributed by atoms with E-state index in [2.05, 4.69) is 10.3 Å². The summed E-state index contributed by atoms with van der Waals surface area (Å²) in [6.45, 7) is 0. The lowest BCUT2D eigenvalue weighted by molar-refractivity contribution is 0.497. The van der Waals surface area contributed by atoms with Gasteiger partial charge in [-0.3, -0.25) is 0 Å². The topological polar surface area (TPSA) is 50.9 Å². The molecule has 3 N–H and O–H groups in total. The Morgan fingerprint density at radius 3 is 3.25 bits per heavy atom. The number of anilines is 1. The van der Waals surface area contributed by atoms with Crippen LogP contribution in [0.15, 0.2) is 0 Å². The van der Waals surface area contributed by atoms with E-state index in [1.54, 1.807) is 11.3 Å². The number of hydrogen-bond acceptors (Lipinski definition) is 4. The summed E-state index contributed by atoms with van der Waals surface area (Å²) in [5.41, 5.74) is 6.86. The van der Waals surface area contributed by atoms with E-state index in [1.807, 2.05) is 7.05 Å². The van der Waals surface area contributed by atoms with E-state index in [0.29, 0.717) is 6.04 Å². The maximum Gasteiger partial charge on any atom is 0.180 e. The van der Waals surface area contributed by atoms with Crippen LogP contribution in [0.25, 0.3) is 0 Å². The molecule has 0 amide bonds. The number of likely N-dealkylation sites (N-methyl/N-ethyl adjacent to an activating group) is 1. The minimum atomic E-state index is 0.623. The Bertz CT molecular complexity index is 282. The smallest absolute Gasteiger partial charge is 0.180 e. The number of rotatable bonds is 1. The van der Waals surface area contributed by atoms with Gasteiger partial charge in [0.2, 0.25) is 0 Å². The van der Waals surface area contributed by atoms with E-state index in [4.69, 9.17) is 5.73 Å². The summed E-state index contributed by atoms with van der Waals surface area (Å²) < 4.78 is 0. The van der Waals surface area contributed by atoms with E-state index in [0.717, 1.165) is 18.0 Å². The molecule has 1 aromatic rings. The van der Waals surface area contributed by atoms with Gasteiger partial charge in [0.15, 0.2) is 5.13 Å². The van der Waals surface area contributed by atoms with E-state index in [9.17, 15) is 0 Å². The van der Waals surface area contributed by atoms with Gasteiger partial charge < -0.3 is 11.1 Å². The molecule has 1 unspecified atom stereocenters. The number of thiazole rings is 1. The van der Waals surface area contributed by atoms with E-state index in [-0.39, 0.29) is 0 Å². The van der Waals surface area contributed by atoms with E-state index in [1.165, 1.54) is 17.0 Å². The van der Waals surface area contributed by atoms with Gasteiger partial charge in [-0.05, 0) is 26.3 Å². The Kier molecular flexibility index (Phi) is 2.02. The average molecular weight is 183 g/mol. The first-order valence-electron chi connectivity index (χ1n) is 4.21. The number of hydrogen-bond donors (Lipinski definition) is 2. The van der Waals surface area contributed by atoms with Gasteiger partial charge in [0, 0.05) is 10.9 Å². The maximum absolute atomic E-state index is 5.63. The summed E-state index contributed by atoms with van der Waals surface area (Å²) in [7, 11) is 2.01. The first-order valence-corrected chi connectivity index (χ1v) is 5.02. The molecule has 1 heterocycles. The molecule has 1 atom stereocenters. The molecule has 3 nitrogen and oxygen atoms in total. The molecule has 0 fully saturated rings. The molecule has 66 valence electrons. The molecule has 1 aliphatic rings. The van der Waals surface area contributed by atoms with Crippen molar-refractivity contribution in [2.24, 2.45) is 0 Å².